The molecule has 1 N–H and O–H groups in total. The summed E-state index contributed by atoms with van der Waals surface area (Å²) in [5, 5.41) is 3.22. The summed E-state index contributed by atoms with van der Waals surface area (Å²) in [5.74, 6) is 0.772. The molecule has 0 spiro atoms. The molecule has 1 atom stereocenters. The Labute approximate surface area is 83.1 Å². The van der Waals surface area contributed by atoms with E-state index in [1.165, 1.54) is 0 Å². The quantitative estimate of drug-likeness (QED) is 0.795. The lowest BCUT2D eigenvalue weighted by Crippen LogP contribution is -2.19. The van der Waals surface area contributed by atoms with Gasteiger partial charge in [-0.2, -0.15) is 0 Å². The Morgan fingerprint density at radius 2 is 2.43 bits per heavy atom. The van der Waals surface area contributed by atoms with Crippen molar-refractivity contribution >= 4 is 0 Å². The number of benzene rings is 1. The molecule has 76 valence electrons. The van der Waals surface area contributed by atoms with Gasteiger partial charge in [-0.15, -0.1) is 0 Å². The Kier molecular flexibility index (Phi) is 2.99. The fourth-order valence-corrected chi connectivity index (χ4v) is 1.62. The summed E-state index contributed by atoms with van der Waals surface area (Å²) in [6.07, 6.45) is 1.27. The van der Waals surface area contributed by atoms with Gasteiger partial charge in [-0.1, -0.05) is 12.1 Å². The molecule has 0 saturated carbocycles. The maximum atomic E-state index is 12.4. The van der Waals surface area contributed by atoms with E-state index in [1.807, 2.05) is 12.1 Å². The van der Waals surface area contributed by atoms with E-state index >= 15 is 0 Å². The van der Waals surface area contributed by atoms with Gasteiger partial charge in [0.25, 0.3) is 0 Å². The second-order valence-corrected chi connectivity index (χ2v) is 3.51. The third-order valence-electron chi connectivity index (χ3n) is 2.37. The van der Waals surface area contributed by atoms with Crippen molar-refractivity contribution in [1.82, 2.24) is 5.32 Å². The molecular formula is C11H14FNO. The molecule has 0 radical (unpaired) electrons. The number of hydrogen-bond acceptors (Lipinski definition) is 2. The molecule has 0 aliphatic carbocycles. The number of hydrogen-bond donors (Lipinski definition) is 1. The maximum Gasteiger partial charge on any atom is 0.120 e. The molecule has 1 aromatic carbocycles. The van der Waals surface area contributed by atoms with Gasteiger partial charge in [-0.25, -0.2) is 4.39 Å². The molecule has 1 fully saturated rings. The highest BCUT2D eigenvalue weighted by Crippen LogP contribution is 2.17. The van der Waals surface area contributed by atoms with E-state index in [0.717, 1.165) is 25.3 Å². The standard InChI is InChI=1S/C11H14FNO/c12-7-9-2-1-3-10(6-9)14-11-4-5-13-8-11/h1-3,6,11,13H,4-5,7-8H2. The molecule has 1 heterocycles. The Morgan fingerprint density at radius 1 is 1.50 bits per heavy atom. The SMILES string of the molecule is FCc1cccc(OC2CCNC2)c1. The van der Waals surface area contributed by atoms with Crippen molar-refractivity contribution in [2.24, 2.45) is 0 Å². The molecule has 1 aromatic rings. The zero-order chi connectivity index (χ0) is 9.80. The summed E-state index contributed by atoms with van der Waals surface area (Å²) in [6, 6.07) is 7.22. The van der Waals surface area contributed by atoms with Crippen LogP contribution in [0.2, 0.25) is 0 Å². The highest BCUT2D eigenvalue weighted by atomic mass is 19.1. The van der Waals surface area contributed by atoms with Gasteiger partial charge in [0, 0.05) is 6.54 Å². The van der Waals surface area contributed by atoms with Crippen molar-refractivity contribution in [3.63, 3.8) is 0 Å². The van der Waals surface area contributed by atoms with E-state index in [-0.39, 0.29) is 6.10 Å². The smallest absolute Gasteiger partial charge is 0.120 e. The van der Waals surface area contributed by atoms with Gasteiger partial charge in [0.15, 0.2) is 0 Å². The lowest BCUT2D eigenvalue weighted by Gasteiger charge is -2.12. The molecule has 1 unspecified atom stereocenters. The minimum atomic E-state index is -0.430. The van der Waals surface area contributed by atoms with Crippen molar-refractivity contribution in [3.8, 4) is 5.75 Å². The summed E-state index contributed by atoms with van der Waals surface area (Å²) >= 11 is 0. The Bertz CT molecular complexity index is 297. The molecule has 0 amide bonds. The highest BCUT2D eigenvalue weighted by Gasteiger charge is 2.15. The predicted molar refractivity (Wildman–Crippen MR) is 53.2 cm³/mol. The summed E-state index contributed by atoms with van der Waals surface area (Å²) in [5.41, 5.74) is 0.674. The van der Waals surface area contributed by atoms with Crippen LogP contribution in [0.3, 0.4) is 0 Å². The van der Waals surface area contributed by atoms with Crippen LogP contribution in [-0.2, 0) is 6.67 Å². The van der Waals surface area contributed by atoms with E-state index in [4.69, 9.17) is 4.74 Å². The maximum absolute atomic E-state index is 12.4. The second-order valence-electron chi connectivity index (χ2n) is 3.51. The Balaban J connectivity index is 2.00. The van der Waals surface area contributed by atoms with E-state index in [2.05, 4.69) is 5.32 Å². The fourth-order valence-electron chi connectivity index (χ4n) is 1.62. The minimum Gasteiger partial charge on any atom is -0.489 e. The zero-order valence-electron chi connectivity index (χ0n) is 8.00. The van der Waals surface area contributed by atoms with Crippen molar-refractivity contribution in [2.45, 2.75) is 19.2 Å². The first-order chi connectivity index (χ1) is 6.88. The molecule has 1 saturated heterocycles. The van der Waals surface area contributed by atoms with Gasteiger partial charge in [-0.05, 0) is 30.7 Å². The van der Waals surface area contributed by atoms with E-state index in [0.29, 0.717) is 5.56 Å². The first-order valence-corrected chi connectivity index (χ1v) is 4.91. The Morgan fingerprint density at radius 3 is 3.14 bits per heavy atom. The molecule has 3 heteroatoms. The number of ether oxygens (including phenoxy) is 1. The minimum absolute atomic E-state index is 0.241. The third kappa shape index (κ3) is 2.23. The highest BCUT2D eigenvalue weighted by molar-refractivity contribution is 5.28. The first-order valence-electron chi connectivity index (χ1n) is 4.91. The first kappa shape index (κ1) is 9.46. The molecule has 1 aliphatic rings. The normalized spacial score (nSPS) is 21.1. The van der Waals surface area contributed by atoms with Gasteiger partial charge in [0.05, 0.1) is 0 Å². The monoisotopic (exact) mass is 195 g/mol. The van der Waals surface area contributed by atoms with Crippen LogP contribution in [0.4, 0.5) is 4.39 Å². The molecule has 0 aromatic heterocycles. The predicted octanol–water partition coefficient (Wildman–Crippen LogP) is 1.90. The average molecular weight is 195 g/mol. The van der Waals surface area contributed by atoms with Crippen LogP contribution in [0.15, 0.2) is 24.3 Å². The van der Waals surface area contributed by atoms with Gasteiger partial charge in [0.2, 0.25) is 0 Å². The van der Waals surface area contributed by atoms with Gasteiger partial charge >= 0.3 is 0 Å². The fraction of sp³-hybridized carbons (Fsp3) is 0.455. The van der Waals surface area contributed by atoms with Crippen LogP contribution in [0.25, 0.3) is 0 Å². The summed E-state index contributed by atoms with van der Waals surface area (Å²) in [4.78, 5) is 0. The number of rotatable bonds is 3. The van der Waals surface area contributed by atoms with Crippen molar-refractivity contribution in [3.05, 3.63) is 29.8 Å². The van der Waals surface area contributed by atoms with E-state index < -0.39 is 6.67 Å². The van der Waals surface area contributed by atoms with Gasteiger partial charge < -0.3 is 10.1 Å². The van der Waals surface area contributed by atoms with Crippen molar-refractivity contribution in [2.75, 3.05) is 13.1 Å². The molecule has 1 aliphatic heterocycles. The van der Waals surface area contributed by atoms with Crippen LogP contribution < -0.4 is 10.1 Å². The molecule has 14 heavy (non-hydrogen) atoms. The number of nitrogens with one attached hydrogen (secondary N) is 1. The van der Waals surface area contributed by atoms with Gasteiger partial charge in [0.1, 0.15) is 18.5 Å². The van der Waals surface area contributed by atoms with Crippen LogP contribution in [-0.4, -0.2) is 19.2 Å². The molecule has 2 nitrogen and oxygen atoms in total. The second kappa shape index (κ2) is 4.42. The summed E-state index contributed by atoms with van der Waals surface area (Å²) < 4.78 is 18.0. The van der Waals surface area contributed by atoms with Crippen molar-refractivity contribution in [1.29, 1.82) is 0 Å². The molecule has 2 rings (SSSR count). The summed E-state index contributed by atoms with van der Waals surface area (Å²) in [7, 11) is 0. The van der Waals surface area contributed by atoms with Gasteiger partial charge in [-0.3, -0.25) is 0 Å². The van der Waals surface area contributed by atoms with Crippen LogP contribution in [0.5, 0.6) is 5.75 Å². The lowest BCUT2D eigenvalue weighted by atomic mass is 10.2. The largest absolute Gasteiger partial charge is 0.489 e. The van der Waals surface area contributed by atoms with Crippen molar-refractivity contribution < 1.29 is 9.13 Å². The Hall–Kier alpha value is -1.09. The summed E-state index contributed by atoms with van der Waals surface area (Å²) in [6.45, 7) is 1.47. The topological polar surface area (TPSA) is 21.3 Å². The van der Waals surface area contributed by atoms with Crippen LogP contribution >= 0.6 is 0 Å². The van der Waals surface area contributed by atoms with E-state index in [1.54, 1.807) is 12.1 Å². The third-order valence-corrected chi connectivity index (χ3v) is 2.37. The zero-order valence-corrected chi connectivity index (χ0v) is 8.00. The average Bonchev–Trinajstić information content (AvgIpc) is 2.71. The van der Waals surface area contributed by atoms with Crippen LogP contribution in [0, 0.1) is 0 Å². The van der Waals surface area contributed by atoms with Crippen LogP contribution in [0.1, 0.15) is 12.0 Å². The number of alkyl halides is 1. The van der Waals surface area contributed by atoms with E-state index in [9.17, 15) is 4.39 Å². The molecule has 0 bridgehead atoms. The number of halogens is 1. The lowest BCUT2D eigenvalue weighted by molar-refractivity contribution is 0.222. The molecular weight excluding hydrogens is 181 g/mol.